The van der Waals surface area contributed by atoms with Gasteiger partial charge in [0.25, 0.3) is 5.91 Å². The molecule has 1 amide bonds. The predicted octanol–water partition coefficient (Wildman–Crippen LogP) is 3.51. The lowest BCUT2D eigenvalue weighted by Gasteiger charge is -2.18. The molecule has 0 bridgehead atoms. The summed E-state index contributed by atoms with van der Waals surface area (Å²) in [4.78, 5) is 22.1. The Morgan fingerprint density at radius 3 is 2.74 bits per heavy atom. The highest BCUT2D eigenvalue weighted by Gasteiger charge is 2.16. The lowest BCUT2D eigenvalue weighted by molar-refractivity contribution is 0.0701. The number of rotatable bonds is 6. The lowest BCUT2D eigenvalue weighted by atomic mass is 10.1. The zero-order valence-electron chi connectivity index (χ0n) is 16.6. The van der Waals surface area contributed by atoms with Crippen molar-refractivity contribution in [2.75, 3.05) is 11.9 Å². The monoisotopic (exact) mass is 423 g/mol. The van der Waals surface area contributed by atoms with Crippen molar-refractivity contribution in [3.05, 3.63) is 89.6 Å². The van der Waals surface area contributed by atoms with E-state index in [-0.39, 0.29) is 12.2 Å². The molecule has 1 aromatic carbocycles. The van der Waals surface area contributed by atoms with Crippen molar-refractivity contribution >= 4 is 22.5 Å². The van der Waals surface area contributed by atoms with Gasteiger partial charge in [0.15, 0.2) is 0 Å². The fourth-order valence-corrected chi connectivity index (χ4v) is 3.46. The molecule has 31 heavy (non-hydrogen) atoms. The molecule has 0 spiro atoms. The molecule has 0 aliphatic carbocycles. The molecule has 0 fully saturated rings. The number of fused-ring (bicyclic) bond motifs is 1. The van der Waals surface area contributed by atoms with Gasteiger partial charge < -0.3 is 9.47 Å². The van der Waals surface area contributed by atoms with Crippen molar-refractivity contribution < 1.29 is 18.8 Å². The fraction of sp³-hybridized carbons (Fsp3) is 0.136. The van der Waals surface area contributed by atoms with E-state index in [2.05, 4.69) is 9.97 Å². The van der Waals surface area contributed by atoms with Crippen LogP contribution < -0.4 is 10.4 Å². The third kappa shape index (κ3) is 4.22. The number of amides is 1. The number of aromatic nitrogens is 3. The van der Waals surface area contributed by atoms with Crippen LogP contribution in [-0.4, -0.2) is 32.7 Å². The Kier molecular flexibility index (Phi) is 5.59. The molecule has 4 aromatic rings. The first-order valence-corrected chi connectivity index (χ1v) is 9.43. The summed E-state index contributed by atoms with van der Waals surface area (Å²) in [6.45, 7) is 0.637. The zero-order chi connectivity index (χ0) is 22.0. The first-order chi connectivity index (χ1) is 15.0. The fourth-order valence-electron chi connectivity index (χ4n) is 3.46. The van der Waals surface area contributed by atoms with E-state index in [1.54, 1.807) is 28.5 Å². The number of pyridine rings is 2. The van der Waals surface area contributed by atoms with Crippen molar-refractivity contribution in [3.63, 3.8) is 0 Å². The molecule has 0 saturated carbocycles. The minimum Gasteiger partial charge on any atom is -0.369 e. The summed E-state index contributed by atoms with van der Waals surface area (Å²) in [7, 11) is 1.91. The smallest absolute Gasteiger partial charge is 0.293 e. The number of hydroxylamine groups is 1. The summed E-state index contributed by atoms with van der Waals surface area (Å²) in [5.74, 6) is -2.01. The second-order valence-electron chi connectivity index (χ2n) is 7.11. The van der Waals surface area contributed by atoms with Gasteiger partial charge in [0, 0.05) is 43.0 Å². The van der Waals surface area contributed by atoms with E-state index >= 15 is 0 Å². The van der Waals surface area contributed by atoms with Crippen molar-refractivity contribution in [2.45, 2.75) is 13.1 Å². The molecule has 3 heterocycles. The molecule has 2 N–H and O–H groups in total. The minimum atomic E-state index is -0.731. The highest BCUT2D eigenvalue weighted by atomic mass is 19.1. The predicted molar refractivity (Wildman–Crippen MR) is 111 cm³/mol. The Labute approximate surface area is 176 Å². The van der Waals surface area contributed by atoms with Gasteiger partial charge in [-0.15, -0.1) is 0 Å². The summed E-state index contributed by atoms with van der Waals surface area (Å²) in [6, 6.07) is 8.79. The molecule has 0 radical (unpaired) electrons. The second-order valence-corrected chi connectivity index (χ2v) is 7.11. The first kappa shape index (κ1) is 20.4. The van der Waals surface area contributed by atoms with Gasteiger partial charge in [0.1, 0.15) is 17.3 Å². The maximum atomic E-state index is 14.2. The maximum absolute atomic E-state index is 14.2. The number of halogens is 2. The van der Waals surface area contributed by atoms with E-state index in [9.17, 15) is 13.6 Å². The van der Waals surface area contributed by atoms with Crippen LogP contribution in [0, 0.1) is 11.6 Å². The van der Waals surface area contributed by atoms with E-state index in [4.69, 9.17) is 5.21 Å². The standard InChI is InChI=1S/C22H19F2N5O2/c1-28(17-3-2-6-25-9-17)11-15-13-29(12-14-4-5-16(23)7-19(14)24)21-10-26-20(8-18(15)21)22(30)27-31/h2-10,13,31H,11-12H2,1H3,(H,27,30). The minimum absolute atomic E-state index is 0.0472. The molecule has 0 atom stereocenters. The molecule has 7 nitrogen and oxygen atoms in total. The van der Waals surface area contributed by atoms with Gasteiger partial charge >= 0.3 is 0 Å². The summed E-state index contributed by atoms with van der Waals surface area (Å²) < 4.78 is 29.3. The average Bonchev–Trinajstić information content (AvgIpc) is 3.12. The number of carbonyl (C=O) groups is 1. The molecule has 4 rings (SSSR count). The first-order valence-electron chi connectivity index (χ1n) is 9.43. The summed E-state index contributed by atoms with van der Waals surface area (Å²) in [5.41, 5.74) is 4.38. The number of anilines is 1. The van der Waals surface area contributed by atoms with Gasteiger partial charge in [0.05, 0.1) is 30.1 Å². The van der Waals surface area contributed by atoms with Crippen molar-refractivity contribution in [2.24, 2.45) is 0 Å². The largest absolute Gasteiger partial charge is 0.369 e. The molecule has 0 aliphatic heterocycles. The van der Waals surface area contributed by atoms with Crippen LogP contribution in [0.4, 0.5) is 14.5 Å². The highest BCUT2D eigenvalue weighted by Crippen LogP contribution is 2.26. The number of benzene rings is 1. The number of nitrogens with one attached hydrogen (secondary N) is 1. The number of carbonyl (C=O) groups excluding carboxylic acids is 1. The van der Waals surface area contributed by atoms with Crippen LogP contribution in [0.1, 0.15) is 21.6 Å². The topological polar surface area (TPSA) is 83.3 Å². The molecular weight excluding hydrogens is 404 g/mol. The number of hydrogen-bond donors (Lipinski definition) is 2. The Morgan fingerprint density at radius 1 is 1.19 bits per heavy atom. The van der Waals surface area contributed by atoms with E-state index in [0.717, 1.165) is 22.7 Å². The highest BCUT2D eigenvalue weighted by molar-refractivity contribution is 5.96. The Balaban J connectivity index is 1.76. The van der Waals surface area contributed by atoms with Crippen LogP contribution in [0.5, 0.6) is 0 Å². The van der Waals surface area contributed by atoms with E-state index in [1.807, 2.05) is 30.3 Å². The Morgan fingerprint density at radius 2 is 2.03 bits per heavy atom. The maximum Gasteiger partial charge on any atom is 0.293 e. The van der Waals surface area contributed by atoms with Crippen LogP contribution in [0.15, 0.2) is 61.2 Å². The van der Waals surface area contributed by atoms with Crippen molar-refractivity contribution in [1.29, 1.82) is 0 Å². The third-order valence-electron chi connectivity index (χ3n) is 5.03. The van der Waals surface area contributed by atoms with Gasteiger partial charge in [-0.2, -0.15) is 0 Å². The quantitative estimate of drug-likeness (QED) is 0.366. The van der Waals surface area contributed by atoms with E-state index < -0.39 is 17.5 Å². The molecule has 0 aliphatic rings. The van der Waals surface area contributed by atoms with Crippen LogP contribution >= 0.6 is 0 Å². The average molecular weight is 423 g/mol. The van der Waals surface area contributed by atoms with Gasteiger partial charge in [-0.05, 0) is 29.8 Å². The van der Waals surface area contributed by atoms with E-state index in [0.29, 0.717) is 17.6 Å². The van der Waals surface area contributed by atoms with Crippen LogP contribution in [0.25, 0.3) is 10.9 Å². The van der Waals surface area contributed by atoms with Crippen LogP contribution in [0.2, 0.25) is 0 Å². The van der Waals surface area contributed by atoms with Gasteiger partial charge in [-0.1, -0.05) is 6.07 Å². The van der Waals surface area contributed by atoms with Gasteiger partial charge in [-0.3, -0.25) is 15.0 Å². The van der Waals surface area contributed by atoms with Gasteiger partial charge in [-0.25, -0.2) is 19.2 Å². The third-order valence-corrected chi connectivity index (χ3v) is 5.03. The second kappa shape index (κ2) is 8.49. The van der Waals surface area contributed by atoms with Crippen molar-refractivity contribution in [3.8, 4) is 0 Å². The van der Waals surface area contributed by atoms with Crippen LogP contribution in [-0.2, 0) is 13.1 Å². The normalized spacial score (nSPS) is 11.0. The summed E-state index contributed by atoms with van der Waals surface area (Å²) >= 11 is 0. The van der Waals surface area contributed by atoms with E-state index in [1.165, 1.54) is 18.3 Å². The molecule has 9 heteroatoms. The summed E-state index contributed by atoms with van der Waals surface area (Å²) in [6.07, 6.45) is 6.77. The Hall–Kier alpha value is -3.85. The molecular formula is C22H19F2N5O2. The van der Waals surface area contributed by atoms with Crippen molar-refractivity contribution in [1.82, 2.24) is 20.0 Å². The molecule has 0 saturated heterocycles. The summed E-state index contributed by atoms with van der Waals surface area (Å²) in [5, 5.41) is 9.67. The number of hydrogen-bond acceptors (Lipinski definition) is 5. The Bertz CT molecular complexity index is 1240. The SMILES string of the molecule is CN(Cc1cn(Cc2ccc(F)cc2F)c2cnc(C(=O)NO)cc12)c1cccnc1. The zero-order valence-corrected chi connectivity index (χ0v) is 16.6. The van der Waals surface area contributed by atoms with Crippen LogP contribution in [0.3, 0.4) is 0 Å². The number of nitrogens with zero attached hydrogens (tertiary/aromatic N) is 4. The molecule has 158 valence electrons. The molecule has 3 aromatic heterocycles. The lowest BCUT2D eigenvalue weighted by Crippen LogP contribution is -2.20. The van der Waals surface area contributed by atoms with Gasteiger partial charge in [0.2, 0.25) is 0 Å². The molecule has 0 unspecified atom stereocenters.